The Morgan fingerprint density at radius 1 is 0.147 bits per heavy atom. The fourth-order valence-corrected chi connectivity index (χ4v) is 11.0. The minimum absolute atomic E-state index is 1.19. The fourth-order valence-electron chi connectivity index (χ4n) is 11.0. The number of hydrogen-bond donors (Lipinski definition) is 0. The van der Waals surface area contributed by atoms with Gasteiger partial charge in [-0.3, -0.25) is 0 Å². The minimum atomic E-state index is 1.19. The number of benzene rings is 11. The van der Waals surface area contributed by atoms with Gasteiger partial charge in [-0.15, -0.1) is 0 Å². The SMILES string of the molecule is c1ccc(C2=C(c3ccccc3)C(c3ccc(-c4cccc5ccccc45)cc3)=C3C2=C(c2ccc(-c4cccc5ccccc45)cc2)c2cc(-c4ccccc4)c(-c4ccccc4)cc23)cc1. The molecule has 13 rings (SSSR count). The molecule has 0 aliphatic heterocycles. The molecule has 316 valence electrons. The van der Waals surface area contributed by atoms with Gasteiger partial charge >= 0.3 is 0 Å². The molecular weight excluding hydrogens is 817 g/mol. The molecule has 0 saturated heterocycles. The highest BCUT2D eigenvalue weighted by molar-refractivity contribution is 6.39. The zero-order valence-electron chi connectivity index (χ0n) is 37.4. The van der Waals surface area contributed by atoms with Crippen LogP contribution in [0.1, 0.15) is 33.4 Å². The maximum absolute atomic E-state index is 2.50. The maximum atomic E-state index is 2.50. The smallest absolute Gasteiger partial charge is 0.000137 e. The van der Waals surface area contributed by atoms with E-state index < -0.39 is 0 Å². The molecule has 68 heavy (non-hydrogen) atoms. The fraction of sp³-hybridized carbons (Fsp3) is 0. The van der Waals surface area contributed by atoms with Crippen molar-refractivity contribution in [2.45, 2.75) is 0 Å². The lowest BCUT2D eigenvalue weighted by Gasteiger charge is -2.19. The van der Waals surface area contributed by atoms with Crippen molar-refractivity contribution in [3.05, 3.63) is 306 Å². The van der Waals surface area contributed by atoms with Crippen molar-refractivity contribution in [1.29, 1.82) is 0 Å². The zero-order valence-corrected chi connectivity index (χ0v) is 37.4. The van der Waals surface area contributed by atoms with E-state index in [0.717, 1.165) is 0 Å². The molecule has 0 heteroatoms. The van der Waals surface area contributed by atoms with E-state index in [1.54, 1.807) is 0 Å². The van der Waals surface area contributed by atoms with Gasteiger partial charge in [-0.25, -0.2) is 0 Å². The Hall–Kier alpha value is -8.84. The summed E-state index contributed by atoms with van der Waals surface area (Å²) in [6.45, 7) is 0. The van der Waals surface area contributed by atoms with Gasteiger partial charge in [0.25, 0.3) is 0 Å². The monoisotopic (exact) mass is 860 g/mol. The Bertz CT molecular complexity index is 3800. The van der Waals surface area contributed by atoms with Crippen LogP contribution in [0.3, 0.4) is 0 Å². The molecule has 0 aromatic heterocycles. The van der Waals surface area contributed by atoms with Crippen molar-refractivity contribution >= 4 is 49.4 Å². The van der Waals surface area contributed by atoms with Gasteiger partial charge in [-0.2, -0.15) is 0 Å². The van der Waals surface area contributed by atoms with Gasteiger partial charge < -0.3 is 0 Å². The average Bonchev–Trinajstić information content (AvgIpc) is 3.93. The number of allylic oxidation sites excluding steroid dienone is 5. The molecule has 0 bridgehead atoms. The van der Waals surface area contributed by atoms with Gasteiger partial charge in [0.2, 0.25) is 0 Å². The Morgan fingerprint density at radius 3 is 0.897 bits per heavy atom. The van der Waals surface area contributed by atoms with Crippen molar-refractivity contribution in [2.24, 2.45) is 0 Å². The van der Waals surface area contributed by atoms with Crippen LogP contribution in [-0.4, -0.2) is 0 Å². The molecule has 0 saturated carbocycles. The molecule has 11 aromatic carbocycles. The molecule has 0 unspecified atom stereocenters. The van der Waals surface area contributed by atoms with E-state index in [-0.39, 0.29) is 0 Å². The summed E-state index contributed by atoms with van der Waals surface area (Å²) in [6, 6.07) is 98.4. The molecule has 0 heterocycles. The van der Waals surface area contributed by atoms with Gasteiger partial charge in [0.1, 0.15) is 0 Å². The first kappa shape index (κ1) is 39.5. The first-order valence-electron chi connectivity index (χ1n) is 23.6. The van der Waals surface area contributed by atoms with E-state index in [0.29, 0.717) is 0 Å². The van der Waals surface area contributed by atoms with Crippen LogP contribution < -0.4 is 0 Å². The van der Waals surface area contributed by atoms with Crippen molar-refractivity contribution in [3.63, 3.8) is 0 Å². The topological polar surface area (TPSA) is 0 Å². The van der Waals surface area contributed by atoms with Gasteiger partial charge in [-0.05, 0) is 145 Å². The van der Waals surface area contributed by atoms with Crippen molar-refractivity contribution in [1.82, 2.24) is 0 Å². The second-order valence-corrected chi connectivity index (χ2v) is 17.9. The van der Waals surface area contributed by atoms with E-state index in [1.807, 2.05) is 0 Å². The van der Waals surface area contributed by atoms with Gasteiger partial charge in [0, 0.05) is 0 Å². The third-order valence-electron chi connectivity index (χ3n) is 14.0. The number of rotatable bonds is 8. The summed E-state index contributed by atoms with van der Waals surface area (Å²) in [5.41, 5.74) is 24.6. The lowest BCUT2D eigenvalue weighted by atomic mass is 9.84. The summed E-state index contributed by atoms with van der Waals surface area (Å²) in [5, 5.41) is 5.01. The third-order valence-corrected chi connectivity index (χ3v) is 14.0. The van der Waals surface area contributed by atoms with E-state index in [2.05, 4.69) is 267 Å². The largest absolute Gasteiger partial charge is 0.0622 e. The van der Waals surface area contributed by atoms with Crippen LogP contribution in [0.4, 0.5) is 0 Å². The second kappa shape index (κ2) is 16.5. The lowest BCUT2D eigenvalue weighted by Crippen LogP contribution is -1.97. The minimum Gasteiger partial charge on any atom is -0.0622 e. The quantitative estimate of drug-likeness (QED) is 0.143. The van der Waals surface area contributed by atoms with Gasteiger partial charge in [-0.1, -0.05) is 255 Å². The zero-order chi connectivity index (χ0) is 45.0. The van der Waals surface area contributed by atoms with Crippen LogP contribution in [0, 0.1) is 0 Å². The summed E-state index contributed by atoms with van der Waals surface area (Å²) in [7, 11) is 0. The van der Waals surface area contributed by atoms with Crippen LogP contribution in [-0.2, 0) is 0 Å². The van der Waals surface area contributed by atoms with E-state index in [9.17, 15) is 0 Å². The summed E-state index contributed by atoms with van der Waals surface area (Å²) < 4.78 is 0. The Labute approximate surface area is 397 Å². The molecule has 11 aromatic rings. The average molecular weight is 861 g/mol. The van der Waals surface area contributed by atoms with E-state index >= 15 is 0 Å². The van der Waals surface area contributed by atoms with Crippen LogP contribution in [0.15, 0.2) is 272 Å². The number of fused-ring (bicyclic) bond motifs is 5. The molecule has 0 radical (unpaired) electrons. The molecule has 0 spiro atoms. The highest BCUT2D eigenvalue weighted by atomic mass is 14.4. The third kappa shape index (κ3) is 6.61. The molecule has 0 fully saturated rings. The summed E-state index contributed by atoms with van der Waals surface area (Å²) >= 11 is 0. The predicted molar refractivity (Wildman–Crippen MR) is 289 cm³/mol. The van der Waals surface area contributed by atoms with Crippen LogP contribution in [0.5, 0.6) is 0 Å². The molecule has 2 aliphatic carbocycles. The van der Waals surface area contributed by atoms with E-state index in [4.69, 9.17) is 0 Å². The van der Waals surface area contributed by atoms with E-state index in [1.165, 1.54) is 133 Å². The Kier molecular flexibility index (Phi) is 9.62. The highest BCUT2D eigenvalue weighted by Gasteiger charge is 2.41. The van der Waals surface area contributed by atoms with Crippen molar-refractivity contribution in [3.8, 4) is 44.5 Å². The first-order chi connectivity index (χ1) is 33.8. The first-order valence-corrected chi connectivity index (χ1v) is 23.6. The molecule has 0 N–H and O–H groups in total. The summed E-state index contributed by atoms with van der Waals surface area (Å²) in [6.07, 6.45) is 0. The normalized spacial score (nSPS) is 13.1. The van der Waals surface area contributed by atoms with Crippen LogP contribution in [0.25, 0.3) is 93.9 Å². The summed E-state index contributed by atoms with van der Waals surface area (Å²) in [4.78, 5) is 0. The molecule has 0 nitrogen and oxygen atoms in total. The molecular formula is C68H44. The van der Waals surface area contributed by atoms with Gasteiger partial charge in [0.05, 0.1) is 0 Å². The molecule has 0 amide bonds. The lowest BCUT2D eigenvalue weighted by molar-refractivity contribution is 1.51. The van der Waals surface area contributed by atoms with Crippen molar-refractivity contribution in [2.75, 3.05) is 0 Å². The van der Waals surface area contributed by atoms with Crippen LogP contribution in [0.2, 0.25) is 0 Å². The Morgan fingerprint density at radius 2 is 0.441 bits per heavy atom. The standard InChI is InChI=1S/C68H44/c1-5-19-47(20-6-1)59-43-61-62(44-60(59)48-21-7-2-8-22-48)67-65(54-41-37-50(38-42-54)58-34-18-30-46-24-14-16-32-56(46)58)64(51-25-9-3-10-26-51)66(52-27-11-4-12-28-52)68(67)63(61)53-39-35-49(36-40-53)57-33-17-29-45-23-13-15-31-55(45)57/h1-44H. The number of hydrogen-bond acceptors (Lipinski definition) is 0. The molecule has 2 aliphatic rings. The van der Waals surface area contributed by atoms with Gasteiger partial charge in [0.15, 0.2) is 0 Å². The van der Waals surface area contributed by atoms with Crippen molar-refractivity contribution < 1.29 is 0 Å². The predicted octanol–water partition coefficient (Wildman–Crippen LogP) is 18.0. The molecule has 0 atom stereocenters. The maximum Gasteiger partial charge on any atom is -0.000137 e. The second-order valence-electron chi connectivity index (χ2n) is 17.9. The Balaban J connectivity index is 1.13. The summed E-state index contributed by atoms with van der Waals surface area (Å²) in [5.74, 6) is 0. The highest BCUT2D eigenvalue weighted by Crippen LogP contribution is 2.62. The van der Waals surface area contributed by atoms with Crippen LogP contribution >= 0.6 is 0 Å².